The Balaban J connectivity index is 1.77. The van der Waals surface area contributed by atoms with Crippen LogP contribution in [0.2, 0.25) is 10.0 Å². The highest BCUT2D eigenvalue weighted by Crippen LogP contribution is 2.33. The minimum atomic E-state index is -4.33. The number of hydrogen-bond acceptors (Lipinski definition) is 6. The third-order valence-corrected chi connectivity index (χ3v) is 10.7. The molecule has 0 aromatic heterocycles. The van der Waals surface area contributed by atoms with E-state index in [1.165, 1.54) is 37.3 Å². The van der Waals surface area contributed by atoms with Gasteiger partial charge >= 0.3 is 0 Å². The highest BCUT2D eigenvalue weighted by atomic mass is 35.5. The van der Waals surface area contributed by atoms with Crippen LogP contribution < -0.4 is 19.1 Å². The van der Waals surface area contributed by atoms with Crippen molar-refractivity contribution in [3.63, 3.8) is 0 Å². The van der Waals surface area contributed by atoms with Crippen LogP contribution in [0.5, 0.6) is 11.5 Å². The number of aryl methyl sites for hydroxylation is 2. The number of methoxy groups -OCH3 is 2. The Hall–Kier alpha value is -3.47. The van der Waals surface area contributed by atoms with Crippen LogP contribution in [0.4, 0.5) is 5.69 Å². The van der Waals surface area contributed by atoms with Gasteiger partial charge in [-0.2, -0.15) is 0 Å². The van der Waals surface area contributed by atoms with Crippen molar-refractivity contribution in [1.29, 1.82) is 0 Å². The van der Waals surface area contributed by atoms with Gasteiger partial charge in [0.05, 0.1) is 24.8 Å². The highest BCUT2D eigenvalue weighted by Gasteiger charge is 2.34. The van der Waals surface area contributed by atoms with Gasteiger partial charge in [0.1, 0.15) is 12.6 Å². The van der Waals surface area contributed by atoms with Crippen molar-refractivity contribution in [3.05, 3.63) is 81.3 Å². The van der Waals surface area contributed by atoms with E-state index in [4.69, 9.17) is 32.7 Å². The van der Waals surface area contributed by atoms with Crippen molar-refractivity contribution in [2.45, 2.75) is 76.4 Å². The summed E-state index contributed by atoms with van der Waals surface area (Å²) < 4.78 is 40.4. The number of nitrogens with zero attached hydrogens (tertiary/aromatic N) is 2. The average Bonchev–Trinajstić information content (AvgIpc) is 3.02. The van der Waals surface area contributed by atoms with Crippen LogP contribution in [-0.4, -0.2) is 58.0 Å². The van der Waals surface area contributed by atoms with Crippen LogP contribution in [0.1, 0.15) is 55.7 Å². The number of amides is 2. The first-order valence-electron chi connectivity index (χ1n) is 15.2. The van der Waals surface area contributed by atoms with Gasteiger partial charge in [0.2, 0.25) is 11.8 Å². The molecule has 1 unspecified atom stereocenters. The predicted molar refractivity (Wildman–Crippen MR) is 181 cm³/mol. The molecule has 1 N–H and O–H groups in total. The SMILES string of the molecule is COc1ccc(S(=O)(=O)N(CC(=O)N(Cc2c(Cl)cccc2Cl)C(C)C(=O)NC2CCCCC2)c2cc(C)cc(C)c2)cc1OC. The molecule has 248 valence electrons. The van der Waals surface area contributed by atoms with Crippen LogP contribution in [0.3, 0.4) is 0 Å². The molecule has 3 aromatic carbocycles. The summed E-state index contributed by atoms with van der Waals surface area (Å²) in [4.78, 5) is 29.2. The Morgan fingerprint density at radius 2 is 1.52 bits per heavy atom. The molecule has 1 saturated carbocycles. The molecule has 0 bridgehead atoms. The van der Waals surface area contributed by atoms with Crippen LogP contribution in [0, 0.1) is 13.8 Å². The normalized spacial score (nSPS) is 14.3. The van der Waals surface area contributed by atoms with E-state index in [0.29, 0.717) is 27.0 Å². The van der Waals surface area contributed by atoms with E-state index < -0.39 is 28.5 Å². The molecular weight excluding hydrogens is 649 g/mol. The molecule has 1 aliphatic carbocycles. The van der Waals surface area contributed by atoms with E-state index in [1.54, 1.807) is 37.3 Å². The van der Waals surface area contributed by atoms with E-state index in [1.807, 2.05) is 19.9 Å². The number of halogens is 2. The monoisotopic (exact) mass is 689 g/mol. The largest absolute Gasteiger partial charge is 0.493 e. The van der Waals surface area contributed by atoms with Gasteiger partial charge in [0.25, 0.3) is 10.0 Å². The van der Waals surface area contributed by atoms with Gasteiger partial charge < -0.3 is 19.7 Å². The van der Waals surface area contributed by atoms with Crippen LogP contribution >= 0.6 is 23.2 Å². The third-order valence-electron chi connectivity index (χ3n) is 8.23. The molecule has 2 amide bonds. The Kier molecular flexibility index (Phi) is 11.9. The zero-order chi connectivity index (χ0) is 33.6. The number of sulfonamides is 1. The van der Waals surface area contributed by atoms with Gasteiger partial charge in [0, 0.05) is 34.3 Å². The lowest BCUT2D eigenvalue weighted by molar-refractivity contribution is -0.139. The zero-order valence-electron chi connectivity index (χ0n) is 26.8. The number of carbonyl (C=O) groups excluding carboxylic acids is 2. The van der Waals surface area contributed by atoms with Crippen molar-refractivity contribution in [2.24, 2.45) is 0 Å². The molecule has 0 aliphatic heterocycles. The fourth-order valence-electron chi connectivity index (χ4n) is 5.73. The summed E-state index contributed by atoms with van der Waals surface area (Å²) in [5.74, 6) is -0.357. The van der Waals surface area contributed by atoms with E-state index >= 15 is 0 Å². The minimum absolute atomic E-state index is 0.0155. The summed E-state index contributed by atoms with van der Waals surface area (Å²) >= 11 is 13.0. The molecule has 0 saturated heterocycles. The summed E-state index contributed by atoms with van der Waals surface area (Å²) in [6, 6.07) is 13.6. The van der Waals surface area contributed by atoms with Crippen LogP contribution in [0.25, 0.3) is 0 Å². The van der Waals surface area contributed by atoms with Gasteiger partial charge in [-0.1, -0.05) is 54.6 Å². The van der Waals surface area contributed by atoms with E-state index in [9.17, 15) is 18.0 Å². The topological polar surface area (TPSA) is 105 Å². The Morgan fingerprint density at radius 3 is 2.11 bits per heavy atom. The van der Waals surface area contributed by atoms with Crippen molar-refractivity contribution >= 4 is 50.7 Å². The van der Waals surface area contributed by atoms with E-state index in [2.05, 4.69) is 5.32 Å². The lowest BCUT2D eigenvalue weighted by Gasteiger charge is -2.33. The molecule has 1 atom stereocenters. The lowest BCUT2D eigenvalue weighted by Crippen LogP contribution is -2.53. The Labute approximate surface area is 281 Å². The minimum Gasteiger partial charge on any atom is -0.493 e. The second kappa shape index (κ2) is 15.4. The first kappa shape index (κ1) is 35.4. The van der Waals surface area contributed by atoms with E-state index in [-0.39, 0.29) is 29.1 Å². The van der Waals surface area contributed by atoms with Crippen LogP contribution in [-0.2, 0) is 26.2 Å². The molecule has 46 heavy (non-hydrogen) atoms. The molecule has 12 heteroatoms. The molecule has 0 radical (unpaired) electrons. The number of rotatable bonds is 12. The first-order chi connectivity index (χ1) is 21.8. The Morgan fingerprint density at radius 1 is 0.913 bits per heavy atom. The molecule has 4 rings (SSSR count). The summed E-state index contributed by atoms with van der Waals surface area (Å²) in [7, 11) is -1.46. The summed E-state index contributed by atoms with van der Waals surface area (Å²) in [6.45, 7) is 4.63. The molecule has 0 heterocycles. The summed E-state index contributed by atoms with van der Waals surface area (Å²) in [5.41, 5.74) is 2.39. The maximum absolute atomic E-state index is 14.4. The van der Waals surface area contributed by atoms with Gasteiger partial charge in [-0.15, -0.1) is 0 Å². The zero-order valence-corrected chi connectivity index (χ0v) is 29.1. The number of nitrogens with one attached hydrogen (secondary N) is 1. The lowest BCUT2D eigenvalue weighted by atomic mass is 9.95. The third kappa shape index (κ3) is 8.27. The van der Waals surface area contributed by atoms with Gasteiger partial charge in [-0.05, 0) is 81.1 Å². The highest BCUT2D eigenvalue weighted by molar-refractivity contribution is 7.92. The quantitative estimate of drug-likeness (QED) is 0.227. The van der Waals surface area contributed by atoms with Crippen LogP contribution in [0.15, 0.2) is 59.5 Å². The molecule has 9 nitrogen and oxygen atoms in total. The second-order valence-electron chi connectivity index (χ2n) is 11.6. The number of ether oxygens (including phenoxy) is 2. The maximum Gasteiger partial charge on any atom is 0.264 e. The fourth-order valence-corrected chi connectivity index (χ4v) is 7.66. The van der Waals surface area contributed by atoms with Gasteiger partial charge in [-0.3, -0.25) is 13.9 Å². The summed E-state index contributed by atoms with van der Waals surface area (Å²) in [5, 5.41) is 3.75. The first-order valence-corrected chi connectivity index (χ1v) is 17.4. The molecule has 3 aromatic rings. The number of anilines is 1. The fraction of sp³-hybridized carbons (Fsp3) is 0.412. The standard InChI is InChI=1S/C34H41Cl2N3O6S/c1-22-16-23(2)18-26(17-22)39(46(42,43)27-14-15-31(44-4)32(19-27)45-5)21-33(40)38(20-28-29(35)12-9-13-30(28)36)24(3)34(41)37-25-10-7-6-8-11-25/h9,12-19,24-25H,6-8,10-11,20-21H2,1-5H3,(H,37,41). The van der Waals surface area contributed by atoms with E-state index in [0.717, 1.165) is 47.5 Å². The van der Waals surface area contributed by atoms with Crippen molar-refractivity contribution in [1.82, 2.24) is 10.2 Å². The van der Waals surface area contributed by atoms with Crippen molar-refractivity contribution in [2.75, 3.05) is 25.1 Å². The second-order valence-corrected chi connectivity index (χ2v) is 14.3. The average molecular weight is 691 g/mol. The van der Waals surface area contributed by atoms with Gasteiger partial charge in [0.15, 0.2) is 11.5 Å². The number of benzene rings is 3. The van der Waals surface area contributed by atoms with Crippen molar-refractivity contribution < 1.29 is 27.5 Å². The molecule has 1 aliphatic rings. The number of carbonyl (C=O) groups is 2. The van der Waals surface area contributed by atoms with Crippen molar-refractivity contribution in [3.8, 4) is 11.5 Å². The summed E-state index contributed by atoms with van der Waals surface area (Å²) in [6.07, 6.45) is 4.91. The number of hydrogen-bond donors (Lipinski definition) is 1. The molecule has 1 fully saturated rings. The smallest absolute Gasteiger partial charge is 0.264 e. The molecule has 0 spiro atoms. The molecular formula is C34H41Cl2N3O6S. The maximum atomic E-state index is 14.4. The van der Waals surface area contributed by atoms with Gasteiger partial charge in [-0.25, -0.2) is 8.42 Å². The predicted octanol–water partition coefficient (Wildman–Crippen LogP) is 6.69. The Bertz CT molecular complexity index is 1640.